The van der Waals surface area contributed by atoms with E-state index < -0.39 is 10.8 Å². The summed E-state index contributed by atoms with van der Waals surface area (Å²) in [5.41, 5.74) is 0. The van der Waals surface area contributed by atoms with Gasteiger partial charge < -0.3 is 14.5 Å². The highest BCUT2D eigenvalue weighted by atomic mass is 35.5. The van der Waals surface area contributed by atoms with Crippen LogP contribution in [0.15, 0.2) is 45.7 Å². The first-order valence-electron chi connectivity index (χ1n) is 8.43. The van der Waals surface area contributed by atoms with Gasteiger partial charge in [0.15, 0.2) is 5.76 Å². The maximum atomic E-state index is 12.3. The summed E-state index contributed by atoms with van der Waals surface area (Å²) in [6, 6.07) is 10.1. The van der Waals surface area contributed by atoms with Gasteiger partial charge in [0.05, 0.1) is 29.8 Å². The topological polar surface area (TPSA) is 71.8 Å². The number of ether oxygens (including phenoxy) is 1. The van der Waals surface area contributed by atoms with Crippen LogP contribution in [0.4, 0.5) is 0 Å². The number of benzene rings is 1. The van der Waals surface area contributed by atoms with Gasteiger partial charge in [0.2, 0.25) is 0 Å². The van der Waals surface area contributed by atoms with Gasteiger partial charge in [-0.2, -0.15) is 0 Å². The fourth-order valence-electron chi connectivity index (χ4n) is 2.62. The number of nitrogens with zero attached hydrogens (tertiary/aromatic N) is 1. The lowest BCUT2D eigenvalue weighted by Gasteiger charge is -2.26. The van der Waals surface area contributed by atoms with Crippen LogP contribution in [-0.4, -0.2) is 54.4 Å². The second-order valence-electron chi connectivity index (χ2n) is 5.92. The summed E-state index contributed by atoms with van der Waals surface area (Å²) in [6.07, 6.45) is 0. The van der Waals surface area contributed by atoms with Crippen molar-refractivity contribution in [2.45, 2.75) is 10.6 Å². The van der Waals surface area contributed by atoms with Crippen molar-refractivity contribution < 1.29 is 18.2 Å². The maximum Gasteiger partial charge on any atom is 0.287 e. The van der Waals surface area contributed by atoms with E-state index in [0.717, 1.165) is 32.8 Å². The van der Waals surface area contributed by atoms with E-state index in [4.69, 9.17) is 20.8 Å². The summed E-state index contributed by atoms with van der Waals surface area (Å²) in [5.74, 6) is 0.691. The predicted octanol–water partition coefficient (Wildman–Crippen LogP) is 2.30. The predicted molar refractivity (Wildman–Crippen MR) is 99.9 cm³/mol. The zero-order valence-corrected chi connectivity index (χ0v) is 15.9. The Morgan fingerprint density at radius 3 is 2.62 bits per heavy atom. The number of amides is 1. The average Bonchev–Trinajstić information content (AvgIpc) is 3.11. The Hall–Kier alpha value is -1.67. The van der Waals surface area contributed by atoms with E-state index in [9.17, 15) is 9.00 Å². The van der Waals surface area contributed by atoms with Crippen LogP contribution in [0.2, 0.25) is 5.02 Å². The van der Waals surface area contributed by atoms with E-state index in [1.807, 2.05) is 0 Å². The molecule has 0 saturated carbocycles. The maximum absolute atomic E-state index is 12.3. The van der Waals surface area contributed by atoms with E-state index in [1.54, 1.807) is 36.4 Å². The first-order valence-corrected chi connectivity index (χ1v) is 10.1. The second-order valence-corrected chi connectivity index (χ2v) is 7.81. The minimum atomic E-state index is -1.25. The minimum Gasteiger partial charge on any atom is -0.455 e. The molecule has 2 aromatic rings. The van der Waals surface area contributed by atoms with Crippen molar-refractivity contribution in [2.24, 2.45) is 0 Å². The molecule has 1 atom stereocenters. The van der Waals surface area contributed by atoms with Gasteiger partial charge in [0, 0.05) is 36.1 Å². The third-order valence-electron chi connectivity index (χ3n) is 4.05. The van der Waals surface area contributed by atoms with Crippen LogP contribution in [0.5, 0.6) is 0 Å². The molecule has 8 heteroatoms. The minimum absolute atomic E-state index is 0.211. The molecule has 2 heterocycles. The number of furan rings is 1. The van der Waals surface area contributed by atoms with Gasteiger partial charge in [-0.05, 0) is 36.4 Å². The smallest absolute Gasteiger partial charge is 0.287 e. The monoisotopic (exact) mass is 396 g/mol. The highest BCUT2D eigenvalue weighted by molar-refractivity contribution is 7.84. The summed E-state index contributed by atoms with van der Waals surface area (Å²) in [7, 11) is -1.25. The van der Waals surface area contributed by atoms with Crippen molar-refractivity contribution >= 4 is 28.3 Å². The number of halogens is 1. The van der Waals surface area contributed by atoms with Crippen molar-refractivity contribution in [3.05, 3.63) is 52.9 Å². The van der Waals surface area contributed by atoms with Gasteiger partial charge in [-0.25, -0.2) is 0 Å². The molecule has 0 aliphatic carbocycles. The zero-order valence-electron chi connectivity index (χ0n) is 14.3. The lowest BCUT2D eigenvalue weighted by Crippen LogP contribution is -2.41. The molecular weight excluding hydrogens is 376 g/mol. The Kier molecular flexibility index (Phi) is 6.85. The van der Waals surface area contributed by atoms with Crippen molar-refractivity contribution in [1.29, 1.82) is 0 Å². The van der Waals surface area contributed by atoms with E-state index >= 15 is 0 Å². The Labute approximate surface area is 159 Å². The lowest BCUT2D eigenvalue weighted by molar-refractivity contribution is 0.0382. The molecule has 1 amide bonds. The largest absolute Gasteiger partial charge is 0.455 e. The van der Waals surface area contributed by atoms with E-state index in [2.05, 4.69) is 10.2 Å². The Morgan fingerprint density at radius 1 is 1.15 bits per heavy atom. The fraction of sp³-hybridized carbons (Fsp3) is 0.389. The number of carbonyl (C=O) groups excluding carboxylic acids is 1. The quantitative estimate of drug-likeness (QED) is 0.777. The van der Waals surface area contributed by atoms with E-state index in [0.29, 0.717) is 22.2 Å². The molecule has 1 aromatic carbocycles. The Bertz CT molecular complexity index is 757. The molecule has 1 aliphatic rings. The van der Waals surface area contributed by atoms with Crippen LogP contribution in [0, 0.1) is 0 Å². The molecule has 1 fully saturated rings. The third-order valence-corrected chi connectivity index (χ3v) is 5.65. The third kappa shape index (κ3) is 5.41. The molecule has 0 radical (unpaired) electrons. The van der Waals surface area contributed by atoms with E-state index in [-0.39, 0.29) is 17.4 Å². The summed E-state index contributed by atoms with van der Waals surface area (Å²) in [5, 5.41) is 3.44. The second kappa shape index (κ2) is 9.32. The van der Waals surface area contributed by atoms with Crippen LogP contribution in [-0.2, 0) is 21.3 Å². The van der Waals surface area contributed by atoms with Gasteiger partial charge >= 0.3 is 0 Å². The number of hydrogen-bond acceptors (Lipinski definition) is 5. The van der Waals surface area contributed by atoms with Crippen molar-refractivity contribution in [3.8, 4) is 0 Å². The molecule has 1 aliphatic heterocycles. The van der Waals surface area contributed by atoms with Crippen LogP contribution in [0.3, 0.4) is 0 Å². The highest BCUT2D eigenvalue weighted by Gasteiger charge is 2.15. The van der Waals surface area contributed by atoms with Gasteiger partial charge in [-0.3, -0.25) is 13.9 Å². The molecule has 0 unspecified atom stereocenters. The molecule has 0 bridgehead atoms. The summed E-state index contributed by atoms with van der Waals surface area (Å²) in [6.45, 7) is 4.57. The normalized spacial score (nSPS) is 16.3. The molecule has 140 valence electrons. The van der Waals surface area contributed by atoms with Crippen LogP contribution >= 0.6 is 11.6 Å². The zero-order chi connectivity index (χ0) is 18.4. The molecule has 3 rings (SSSR count). The summed E-state index contributed by atoms with van der Waals surface area (Å²) < 4.78 is 23.2. The lowest BCUT2D eigenvalue weighted by atomic mass is 10.4. The average molecular weight is 397 g/mol. The molecule has 26 heavy (non-hydrogen) atoms. The van der Waals surface area contributed by atoms with Gasteiger partial charge in [0.25, 0.3) is 5.91 Å². The van der Waals surface area contributed by atoms with Crippen LogP contribution in [0.1, 0.15) is 16.3 Å². The number of rotatable bonds is 7. The summed E-state index contributed by atoms with van der Waals surface area (Å²) >= 11 is 5.83. The van der Waals surface area contributed by atoms with E-state index in [1.165, 1.54) is 0 Å². The number of morpholine rings is 1. The first kappa shape index (κ1) is 19.1. The molecule has 6 nitrogen and oxygen atoms in total. The van der Waals surface area contributed by atoms with Crippen LogP contribution in [0.25, 0.3) is 0 Å². The Balaban J connectivity index is 1.48. The fourth-order valence-corrected chi connectivity index (χ4v) is 3.76. The van der Waals surface area contributed by atoms with Crippen molar-refractivity contribution in [3.63, 3.8) is 0 Å². The Morgan fingerprint density at radius 2 is 1.88 bits per heavy atom. The number of hydrogen-bond donors (Lipinski definition) is 1. The first-order chi connectivity index (χ1) is 12.6. The highest BCUT2D eigenvalue weighted by Crippen LogP contribution is 2.17. The molecular formula is C18H21ClN2O4S. The molecule has 0 spiro atoms. The van der Waals surface area contributed by atoms with Gasteiger partial charge in [0.1, 0.15) is 5.76 Å². The summed E-state index contributed by atoms with van der Waals surface area (Å²) in [4.78, 5) is 15.1. The van der Waals surface area contributed by atoms with Crippen molar-refractivity contribution in [1.82, 2.24) is 10.2 Å². The number of carbonyl (C=O) groups is 1. The molecule has 1 aromatic heterocycles. The van der Waals surface area contributed by atoms with Crippen LogP contribution < -0.4 is 5.32 Å². The standard InChI is InChI=1S/C18H21ClN2O4S/c19-14-1-4-16(5-2-14)26(23)13-15-3-6-17(25-15)18(22)20-7-8-21-9-11-24-12-10-21/h1-6H,7-13H2,(H,20,22)/t26-/m1/s1. The van der Waals surface area contributed by atoms with Gasteiger partial charge in [-0.1, -0.05) is 11.6 Å². The SMILES string of the molecule is O=C(NCCN1CCOCC1)c1ccc(C[S@@](=O)c2ccc(Cl)cc2)o1. The van der Waals surface area contributed by atoms with Crippen molar-refractivity contribution in [2.75, 3.05) is 39.4 Å². The molecule has 1 saturated heterocycles. The molecule has 1 N–H and O–H groups in total. The number of nitrogens with one attached hydrogen (secondary N) is 1. The van der Waals surface area contributed by atoms with Gasteiger partial charge in [-0.15, -0.1) is 0 Å².